The van der Waals surface area contributed by atoms with E-state index in [1.807, 2.05) is 0 Å². The molecular formula is C30H29N3O10. The van der Waals surface area contributed by atoms with Crippen LogP contribution in [0.3, 0.4) is 0 Å². The van der Waals surface area contributed by atoms with E-state index in [1.165, 1.54) is 11.0 Å². The van der Waals surface area contributed by atoms with Crippen molar-refractivity contribution < 1.29 is 49.1 Å². The smallest absolute Gasteiger partial charge is 0.396 e. The minimum absolute atomic E-state index is 0.0423. The van der Waals surface area contributed by atoms with Gasteiger partial charge in [-0.1, -0.05) is 18.2 Å². The van der Waals surface area contributed by atoms with Gasteiger partial charge >= 0.3 is 11.9 Å². The zero-order valence-electron chi connectivity index (χ0n) is 23.4. The number of hydrogen-bond acceptors (Lipinski definition) is 11. The maximum Gasteiger partial charge on any atom is 0.396 e. The van der Waals surface area contributed by atoms with Gasteiger partial charge < -0.3 is 36.2 Å². The highest BCUT2D eigenvalue weighted by atomic mass is 16.5. The Balaban J connectivity index is 1.60. The van der Waals surface area contributed by atoms with Crippen molar-refractivity contribution in [3.05, 3.63) is 70.2 Å². The number of aromatic hydroxyl groups is 1. The number of ether oxygens (including phenoxy) is 1. The summed E-state index contributed by atoms with van der Waals surface area (Å²) in [6.45, 7) is 0. The number of ketones is 2. The van der Waals surface area contributed by atoms with Crippen molar-refractivity contribution in [1.82, 2.24) is 4.90 Å². The number of amides is 2. The van der Waals surface area contributed by atoms with Gasteiger partial charge in [0.1, 0.15) is 22.8 Å². The quantitative estimate of drug-likeness (QED) is 0.167. The summed E-state index contributed by atoms with van der Waals surface area (Å²) in [5.41, 5.74) is 3.32. The maximum absolute atomic E-state index is 13.9. The van der Waals surface area contributed by atoms with Crippen LogP contribution < -0.4 is 11.1 Å². The molecule has 4 atom stereocenters. The Kier molecular flexibility index (Phi) is 7.11. The monoisotopic (exact) mass is 591 g/mol. The number of carbonyl (C=O) groups excluding carboxylic acids is 5. The molecule has 0 bridgehead atoms. The number of rotatable bonds is 4. The standard InChI is InChI=1S/C30H29N3O10/c1-33(2)22-17-11-13-10-16-15(12-4-6-14(7-5-12)32-28(40)29(41)43-3)8-9-18(34)20(16)23(35)19(13)25(37)30(17,42)26(38)21(24(22)36)27(31)39/h4-9,13,17,22,34,36-37,42H,10-11H2,1-3H3,(H2,31,39)(H,32,40)/t13-,17-,22-,30-/m0/s1. The van der Waals surface area contributed by atoms with Crippen molar-refractivity contribution >= 4 is 35.0 Å². The largest absolute Gasteiger partial charge is 0.510 e. The molecule has 0 unspecified atom stereocenters. The number of nitrogens with zero attached hydrogens (tertiary/aromatic N) is 1. The molecule has 224 valence electrons. The van der Waals surface area contributed by atoms with Crippen LogP contribution in [0.4, 0.5) is 5.69 Å². The fraction of sp³-hybridized carbons (Fsp3) is 0.300. The molecule has 2 aromatic rings. The van der Waals surface area contributed by atoms with Gasteiger partial charge in [0.15, 0.2) is 11.4 Å². The number of aliphatic hydroxyl groups is 3. The second-order valence-electron chi connectivity index (χ2n) is 11.0. The lowest BCUT2D eigenvalue weighted by molar-refractivity contribution is -0.150. The number of carbonyl (C=O) groups is 5. The van der Waals surface area contributed by atoms with Crippen LogP contribution in [0.2, 0.25) is 0 Å². The molecule has 0 heterocycles. The lowest BCUT2D eigenvalue weighted by Crippen LogP contribution is -2.63. The average molecular weight is 592 g/mol. The number of esters is 1. The number of nitrogens with one attached hydrogen (secondary N) is 1. The summed E-state index contributed by atoms with van der Waals surface area (Å²) in [6, 6.07) is 8.18. The third-order valence-electron chi connectivity index (χ3n) is 8.43. The number of allylic oxidation sites excluding steroid dienone is 1. The number of Topliss-reactive ketones (excluding diaryl/α,β-unsaturated/α-hetero) is 2. The van der Waals surface area contributed by atoms with Gasteiger partial charge in [-0.25, -0.2) is 4.79 Å². The molecule has 0 aliphatic heterocycles. The summed E-state index contributed by atoms with van der Waals surface area (Å²) < 4.78 is 4.40. The van der Waals surface area contributed by atoms with Gasteiger partial charge in [0.05, 0.1) is 18.7 Å². The summed E-state index contributed by atoms with van der Waals surface area (Å²) in [5, 5.41) is 47.2. The number of nitrogens with two attached hydrogens (primary N) is 1. The number of anilines is 1. The lowest BCUT2D eigenvalue weighted by atomic mass is 9.58. The maximum atomic E-state index is 13.9. The van der Waals surface area contributed by atoms with E-state index in [0.29, 0.717) is 22.4 Å². The van der Waals surface area contributed by atoms with E-state index >= 15 is 0 Å². The van der Waals surface area contributed by atoms with Gasteiger partial charge in [0.2, 0.25) is 5.78 Å². The van der Waals surface area contributed by atoms with Crippen molar-refractivity contribution in [3.8, 4) is 16.9 Å². The van der Waals surface area contributed by atoms with E-state index in [2.05, 4.69) is 10.1 Å². The van der Waals surface area contributed by atoms with Crippen molar-refractivity contribution in [2.45, 2.75) is 24.5 Å². The molecule has 0 saturated carbocycles. The van der Waals surface area contributed by atoms with E-state index < -0.39 is 69.9 Å². The first-order valence-corrected chi connectivity index (χ1v) is 13.2. The Labute approximate surface area is 244 Å². The summed E-state index contributed by atoms with van der Waals surface area (Å²) in [5.74, 6) is -9.26. The van der Waals surface area contributed by atoms with Crippen LogP contribution >= 0.6 is 0 Å². The molecule has 2 amide bonds. The number of benzene rings is 2. The van der Waals surface area contributed by atoms with Crippen LogP contribution in [0.1, 0.15) is 22.3 Å². The molecule has 3 aliphatic rings. The Morgan fingerprint density at radius 2 is 1.70 bits per heavy atom. The number of primary amides is 1. The molecule has 5 rings (SSSR count). The van der Waals surface area contributed by atoms with Gasteiger partial charge in [-0.2, -0.15) is 0 Å². The van der Waals surface area contributed by atoms with Crippen LogP contribution in [0.5, 0.6) is 5.75 Å². The molecule has 0 saturated heterocycles. The number of aliphatic hydroxyl groups excluding tert-OH is 2. The first-order chi connectivity index (χ1) is 20.2. The van der Waals surface area contributed by atoms with Gasteiger partial charge in [0.25, 0.3) is 5.91 Å². The summed E-state index contributed by atoms with van der Waals surface area (Å²) in [4.78, 5) is 64.2. The van der Waals surface area contributed by atoms with Gasteiger partial charge in [-0.3, -0.25) is 24.1 Å². The molecule has 0 fully saturated rings. The van der Waals surface area contributed by atoms with Crippen LogP contribution in [0, 0.1) is 11.8 Å². The fourth-order valence-corrected chi connectivity index (χ4v) is 6.53. The summed E-state index contributed by atoms with van der Waals surface area (Å²) >= 11 is 0. The van der Waals surface area contributed by atoms with Crippen LogP contribution in [0.25, 0.3) is 11.1 Å². The van der Waals surface area contributed by atoms with E-state index in [1.54, 1.807) is 44.4 Å². The van der Waals surface area contributed by atoms with Crippen LogP contribution in [-0.4, -0.2) is 87.5 Å². The summed E-state index contributed by atoms with van der Waals surface area (Å²) in [7, 11) is 4.19. The predicted molar refractivity (Wildman–Crippen MR) is 150 cm³/mol. The van der Waals surface area contributed by atoms with E-state index in [0.717, 1.165) is 7.11 Å². The molecule has 7 N–H and O–H groups in total. The van der Waals surface area contributed by atoms with Crippen LogP contribution in [-0.2, 0) is 30.3 Å². The highest BCUT2D eigenvalue weighted by Crippen LogP contribution is 2.53. The molecule has 0 radical (unpaired) electrons. The van der Waals surface area contributed by atoms with Gasteiger partial charge in [-0.15, -0.1) is 0 Å². The zero-order chi connectivity index (χ0) is 31.5. The molecule has 2 aromatic carbocycles. The number of methoxy groups -OCH3 is 1. The van der Waals surface area contributed by atoms with E-state index in [-0.39, 0.29) is 29.7 Å². The summed E-state index contributed by atoms with van der Waals surface area (Å²) in [6.07, 6.45) is 0.0679. The molecule has 0 aromatic heterocycles. The number of fused-ring (bicyclic) bond motifs is 3. The highest BCUT2D eigenvalue weighted by molar-refractivity contribution is 6.37. The second kappa shape index (κ2) is 10.4. The third-order valence-corrected chi connectivity index (χ3v) is 8.43. The molecule has 43 heavy (non-hydrogen) atoms. The zero-order valence-corrected chi connectivity index (χ0v) is 23.4. The highest BCUT2D eigenvalue weighted by Gasteiger charge is 2.63. The lowest BCUT2D eigenvalue weighted by Gasteiger charge is -2.50. The number of hydrogen-bond donors (Lipinski definition) is 6. The second-order valence-corrected chi connectivity index (χ2v) is 11.0. The molecule has 13 nitrogen and oxygen atoms in total. The van der Waals surface area contributed by atoms with Gasteiger partial charge in [-0.05, 0) is 67.7 Å². The minimum Gasteiger partial charge on any atom is -0.510 e. The van der Waals surface area contributed by atoms with Crippen LogP contribution in [0.15, 0.2) is 59.1 Å². The van der Waals surface area contributed by atoms with Crippen molar-refractivity contribution in [2.24, 2.45) is 17.6 Å². The topological polar surface area (TPSA) is 217 Å². The van der Waals surface area contributed by atoms with E-state index in [9.17, 15) is 44.4 Å². The number of phenols is 1. The average Bonchev–Trinajstić information content (AvgIpc) is 2.94. The molecule has 0 spiro atoms. The first kappa shape index (κ1) is 29.5. The Morgan fingerprint density at radius 1 is 1.05 bits per heavy atom. The van der Waals surface area contributed by atoms with Gasteiger partial charge in [0, 0.05) is 17.2 Å². The molecular weight excluding hydrogens is 562 g/mol. The molecule has 13 heteroatoms. The van der Waals surface area contributed by atoms with Crippen molar-refractivity contribution in [2.75, 3.05) is 26.5 Å². The Bertz CT molecular complexity index is 1670. The first-order valence-electron chi connectivity index (χ1n) is 13.2. The van der Waals surface area contributed by atoms with Crippen molar-refractivity contribution in [3.63, 3.8) is 0 Å². The third kappa shape index (κ3) is 4.35. The minimum atomic E-state index is -2.72. The van der Waals surface area contributed by atoms with E-state index in [4.69, 9.17) is 5.73 Å². The normalized spacial score (nSPS) is 24.7. The Hall–Kier alpha value is -5.01. The van der Waals surface area contributed by atoms with Crippen molar-refractivity contribution in [1.29, 1.82) is 0 Å². The SMILES string of the molecule is COC(=O)C(=O)Nc1ccc(-c2ccc(O)c3c2C[C@H]2C[C@H]4[C@H](N(C)C)C(O)=C(C(N)=O)C(=O)[C@@]4(O)C(O)=C2C3=O)cc1. The number of phenolic OH excluding ortho intramolecular Hbond substituents is 1. The molecule has 3 aliphatic carbocycles. The fourth-order valence-electron chi connectivity index (χ4n) is 6.53. The predicted octanol–water partition coefficient (Wildman–Crippen LogP) is 0.899. The Morgan fingerprint density at radius 3 is 2.28 bits per heavy atom. The number of likely N-dealkylation sites (N-methyl/N-ethyl adjacent to an activating group) is 1.